The zero-order chi connectivity index (χ0) is 25.0. The second-order valence-electron chi connectivity index (χ2n) is 9.30. The largest absolute Gasteiger partial charge is 0.465 e. The third-order valence-electron chi connectivity index (χ3n) is 7.05. The van der Waals surface area contributed by atoms with Crippen LogP contribution in [0.3, 0.4) is 0 Å². The lowest BCUT2D eigenvalue weighted by Gasteiger charge is -2.31. The van der Waals surface area contributed by atoms with E-state index in [0.717, 1.165) is 50.7 Å². The molecular weight excluding hydrogens is 458 g/mol. The smallest absolute Gasteiger partial charge is 0.407 e. The standard InChI is InChI=1S/C26H25N7O3/c1-30-14-18(12-29-30)21-7-6-17(11-27-21)16-5-8-22-20(10-16)24-23(13-28-22)31(2)25(34)33(24)19-4-3-9-32(15-19)26(35)36/h5-8,10-14,19H,3-4,9,15H2,1-2H3,(H,35,36). The van der Waals surface area contributed by atoms with E-state index in [1.54, 1.807) is 33.3 Å². The van der Waals surface area contributed by atoms with E-state index in [1.165, 1.54) is 4.90 Å². The Hall–Kier alpha value is -4.47. The Morgan fingerprint density at radius 3 is 2.58 bits per heavy atom. The van der Waals surface area contributed by atoms with Gasteiger partial charge in [-0.1, -0.05) is 12.1 Å². The van der Waals surface area contributed by atoms with Crippen molar-refractivity contribution in [1.29, 1.82) is 0 Å². The normalized spacial score (nSPS) is 16.2. The summed E-state index contributed by atoms with van der Waals surface area (Å²) in [6, 6.07) is 9.75. The zero-order valence-electron chi connectivity index (χ0n) is 20.0. The van der Waals surface area contributed by atoms with E-state index in [2.05, 4.69) is 15.1 Å². The third-order valence-corrected chi connectivity index (χ3v) is 7.05. The number of fused-ring (bicyclic) bond motifs is 3. The number of pyridine rings is 2. The number of rotatable bonds is 3. The Morgan fingerprint density at radius 2 is 1.86 bits per heavy atom. The van der Waals surface area contributed by atoms with Gasteiger partial charge in [0.15, 0.2) is 0 Å². The highest BCUT2D eigenvalue weighted by atomic mass is 16.4. The highest BCUT2D eigenvalue weighted by Gasteiger charge is 2.28. The van der Waals surface area contributed by atoms with E-state index in [4.69, 9.17) is 0 Å². The highest BCUT2D eigenvalue weighted by Crippen LogP contribution is 2.32. The molecule has 1 aromatic carbocycles. The van der Waals surface area contributed by atoms with E-state index in [0.29, 0.717) is 13.0 Å². The molecule has 5 aromatic rings. The first-order valence-electron chi connectivity index (χ1n) is 11.8. The number of amides is 1. The summed E-state index contributed by atoms with van der Waals surface area (Å²) in [5, 5.41) is 14.6. The van der Waals surface area contributed by atoms with Crippen LogP contribution in [0.25, 0.3) is 44.3 Å². The SMILES string of the molecule is Cn1cc(-c2ccc(-c3ccc4ncc5c(c4c3)n(C3CCCN(C(=O)O)C3)c(=O)n5C)cn2)cn1. The number of benzene rings is 1. The Bertz CT molecular complexity index is 1680. The maximum Gasteiger partial charge on any atom is 0.407 e. The average molecular weight is 484 g/mol. The van der Waals surface area contributed by atoms with Gasteiger partial charge in [0.05, 0.1) is 40.7 Å². The molecular formula is C26H25N7O3. The van der Waals surface area contributed by atoms with Crippen molar-refractivity contribution >= 4 is 28.0 Å². The van der Waals surface area contributed by atoms with Gasteiger partial charge in [-0.05, 0) is 36.6 Å². The Labute approximate surface area is 206 Å². The van der Waals surface area contributed by atoms with Gasteiger partial charge in [-0.3, -0.25) is 23.8 Å². The van der Waals surface area contributed by atoms with Crippen LogP contribution in [-0.4, -0.2) is 58.1 Å². The van der Waals surface area contributed by atoms with Crippen molar-refractivity contribution < 1.29 is 9.90 Å². The predicted octanol–water partition coefficient (Wildman–Crippen LogP) is 3.67. The molecule has 0 saturated carbocycles. The van der Waals surface area contributed by atoms with Gasteiger partial charge in [0.25, 0.3) is 0 Å². The van der Waals surface area contributed by atoms with Crippen molar-refractivity contribution in [2.75, 3.05) is 13.1 Å². The van der Waals surface area contributed by atoms with Crippen LogP contribution in [0.5, 0.6) is 0 Å². The molecule has 1 saturated heterocycles. The van der Waals surface area contributed by atoms with Gasteiger partial charge < -0.3 is 10.0 Å². The number of imidazole rings is 1. The first-order valence-corrected chi connectivity index (χ1v) is 11.8. The van der Waals surface area contributed by atoms with Crippen LogP contribution in [0, 0.1) is 0 Å². The number of hydrogen-bond acceptors (Lipinski definition) is 5. The molecule has 1 fully saturated rings. The average Bonchev–Trinajstić information content (AvgIpc) is 3.45. The molecule has 1 atom stereocenters. The van der Waals surface area contributed by atoms with Crippen molar-refractivity contribution in [3.05, 3.63) is 65.6 Å². The molecule has 0 radical (unpaired) electrons. The second-order valence-corrected chi connectivity index (χ2v) is 9.30. The Morgan fingerprint density at radius 1 is 1.03 bits per heavy atom. The van der Waals surface area contributed by atoms with Crippen molar-refractivity contribution in [3.63, 3.8) is 0 Å². The van der Waals surface area contributed by atoms with Crippen LogP contribution in [0.15, 0.2) is 59.9 Å². The fourth-order valence-electron chi connectivity index (χ4n) is 5.17. The van der Waals surface area contributed by atoms with Crippen molar-refractivity contribution in [2.45, 2.75) is 18.9 Å². The maximum atomic E-state index is 13.4. The van der Waals surface area contributed by atoms with Gasteiger partial charge in [-0.2, -0.15) is 5.10 Å². The number of piperidine rings is 1. The number of hydrogen-bond donors (Lipinski definition) is 1. The van der Waals surface area contributed by atoms with Crippen molar-refractivity contribution in [3.8, 4) is 22.4 Å². The molecule has 182 valence electrons. The summed E-state index contributed by atoms with van der Waals surface area (Å²) in [6.07, 6.45) is 7.76. The van der Waals surface area contributed by atoms with Gasteiger partial charge >= 0.3 is 11.8 Å². The second kappa shape index (κ2) is 8.33. The lowest BCUT2D eigenvalue weighted by Crippen LogP contribution is -2.42. The van der Waals surface area contributed by atoms with Gasteiger partial charge in [-0.25, -0.2) is 9.59 Å². The summed E-state index contributed by atoms with van der Waals surface area (Å²) in [4.78, 5) is 35.6. The van der Waals surface area contributed by atoms with E-state index in [9.17, 15) is 14.7 Å². The molecule has 1 aliphatic heterocycles. The molecule has 36 heavy (non-hydrogen) atoms. The van der Waals surface area contributed by atoms with E-state index in [-0.39, 0.29) is 18.3 Å². The minimum absolute atomic E-state index is 0.163. The summed E-state index contributed by atoms with van der Waals surface area (Å²) in [6.45, 7) is 0.775. The molecule has 1 unspecified atom stereocenters. The van der Waals surface area contributed by atoms with Gasteiger partial charge in [-0.15, -0.1) is 0 Å². The predicted molar refractivity (Wildman–Crippen MR) is 136 cm³/mol. The number of carbonyl (C=O) groups is 1. The van der Waals surface area contributed by atoms with Gasteiger partial charge in [0.2, 0.25) is 0 Å². The van der Waals surface area contributed by atoms with Gasteiger partial charge in [0.1, 0.15) is 0 Å². The molecule has 1 aliphatic rings. The van der Waals surface area contributed by atoms with E-state index in [1.807, 2.05) is 49.8 Å². The highest BCUT2D eigenvalue weighted by molar-refractivity contribution is 6.04. The molecule has 10 heteroatoms. The molecule has 0 spiro atoms. The molecule has 10 nitrogen and oxygen atoms in total. The monoisotopic (exact) mass is 483 g/mol. The molecule has 1 amide bonds. The Balaban J connectivity index is 1.48. The third kappa shape index (κ3) is 3.53. The van der Waals surface area contributed by atoms with Crippen LogP contribution < -0.4 is 5.69 Å². The van der Waals surface area contributed by atoms with Gasteiger partial charge in [0, 0.05) is 56.1 Å². The molecule has 6 rings (SSSR count). The topological polar surface area (TPSA) is 111 Å². The van der Waals surface area contributed by atoms with E-state index >= 15 is 0 Å². The lowest BCUT2D eigenvalue weighted by atomic mass is 10.0. The van der Waals surface area contributed by atoms with Crippen LogP contribution >= 0.6 is 0 Å². The van der Waals surface area contributed by atoms with Crippen molar-refractivity contribution in [1.82, 2.24) is 33.8 Å². The number of aryl methyl sites for hydroxylation is 2. The number of nitrogens with zero attached hydrogens (tertiary/aromatic N) is 7. The maximum absolute atomic E-state index is 13.4. The lowest BCUT2D eigenvalue weighted by molar-refractivity contribution is 0.121. The summed E-state index contributed by atoms with van der Waals surface area (Å²) in [5.41, 5.74) is 5.81. The van der Waals surface area contributed by atoms with Crippen LogP contribution in [0.2, 0.25) is 0 Å². The molecule has 0 bridgehead atoms. The first kappa shape index (κ1) is 22.0. The number of likely N-dealkylation sites (tertiary alicyclic amines) is 1. The van der Waals surface area contributed by atoms with Crippen LogP contribution in [0.4, 0.5) is 4.79 Å². The molecule has 4 aromatic heterocycles. The molecule has 5 heterocycles. The molecule has 0 aliphatic carbocycles. The number of aromatic nitrogens is 6. The summed E-state index contributed by atoms with van der Waals surface area (Å²) < 4.78 is 5.11. The minimum Gasteiger partial charge on any atom is -0.465 e. The minimum atomic E-state index is -0.955. The van der Waals surface area contributed by atoms with Crippen molar-refractivity contribution in [2.24, 2.45) is 14.1 Å². The fraction of sp³-hybridized carbons (Fsp3) is 0.269. The quantitative estimate of drug-likeness (QED) is 0.419. The van der Waals surface area contributed by atoms with Crippen LogP contribution in [0.1, 0.15) is 18.9 Å². The molecule has 1 N–H and O–H groups in total. The number of carboxylic acid groups (broad SMARTS) is 1. The summed E-state index contributed by atoms with van der Waals surface area (Å²) >= 11 is 0. The van der Waals surface area contributed by atoms with Crippen LogP contribution in [-0.2, 0) is 14.1 Å². The summed E-state index contributed by atoms with van der Waals surface area (Å²) in [5.74, 6) is 0. The fourth-order valence-corrected chi connectivity index (χ4v) is 5.17. The van der Waals surface area contributed by atoms with E-state index < -0.39 is 6.09 Å². The first-order chi connectivity index (χ1) is 17.4. The Kier molecular flexibility index (Phi) is 5.10. The summed E-state index contributed by atoms with van der Waals surface area (Å²) in [7, 11) is 3.61. The zero-order valence-corrected chi connectivity index (χ0v) is 20.0.